The van der Waals surface area contributed by atoms with Gasteiger partial charge in [-0.1, -0.05) is 19.4 Å². The lowest BCUT2D eigenvalue weighted by atomic mass is 10.0. The molecule has 1 saturated heterocycles. The number of hydrogen-bond donors (Lipinski definition) is 1. The van der Waals surface area contributed by atoms with Crippen molar-refractivity contribution < 1.29 is 0 Å². The molecule has 2 rings (SSSR count). The lowest BCUT2D eigenvalue weighted by Gasteiger charge is -2.39. The molecule has 1 aliphatic rings. The van der Waals surface area contributed by atoms with Crippen LogP contribution >= 0.6 is 0 Å². The second kappa shape index (κ2) is 6.30. The van der Waals surface area contributed by atoms with Crippen molar-refractivity contribution in [3.63, 3.8) is 0 Å². The zero-order valence-electron chi connectivity index (χ0n) is 11.8. The zero-order valence-corrected chi connectivity index (χ0v) is 11.8. The first-order valence-electron chi connectivity index (χ1n) is 7.08. The molecule has 1 aliphatic heterocycles. The van der Waals surface area contributed by atoms with Crippen molar-refractivity contribution in [3.05, 3.63) is 29.6 Å². The molecule has 0 saturated carbocycles. The standard InChI is InChI=1S/C15H25N3/c1-4-6-14-9-17-13(3)10-18(14)11-15-12(2)7-5-8-16-15/h5,7-8,13-14,17H,4,6,9-11H2,1-3H3. The second-order valence-corrected chi connectivity index (χ2v) is 5.45. The summed E-state index contributed by atoms with van der Waals surface area (Å²) in [5, 5.41) is 3.59. The van der Waals surface area contributed by atoms with Gasteiger partial charge in [0.05, 0.1) is 5.69 Å². The van der Waals surface area contributed by atoms with Crippen LogP contribution in [0.2, 0.25) is 0 Å². The molecule has 0 radical (unpaired) electrons. The van der Waals surface area contributed by atoms with Gasteiger partial charge in [0.15, 0.2) is 0 Å². The second-order valence-electron chi connectivity index (χ2n) is 5.45. The quantitative estimate of drug-likeness (QED) is 0.885. The fourth-order valence-electron chi connectivity index (χ4n) is 2.72. The molecule has 3 heteroatoms. The molecule has 2 atom stereocenters. The molecule has 1 aromatic rings. The number of nitrogens with one attached hydrogen (secondary N) is 1. The fourth-order valence-corrected chi connectivity index (χ4v) is 2.72. The molecule has 0 amide bonds. The van der Waals surface area contributed by atoms with Crippen LogP contribution in [0.5, 0.6) is 0 Å². The highest BCUT2D eigenvalue weighted by atomic mass is 15.2. The Balaban J connectivity index is 2.06. The maximum Gasteiger partial charge on any atom is 0.0573 e. The lowest BCUT2D eigenvalue weighted by molar-refractivity contribution is 0.118. The molecule has 100 valence electrons. The van der Waals surface area contributed by atoms with Gasteiger partial charge in [0.1, 0.15) is 0 Å². The van der Waals surface area contributed by atoms with Crippen LogP contribution in [0, 0.1) is 6.92 Å². The Kier molecular flexibility index (Phi) is 4.72. The van der Waals surface area contributed by atoms with Crippen molar-refractivity contribution in [2.24, 2.45) is 0 Å². The number of pyridine rings is 1. The lowest BCUT2D eigenvalue weighted by Crippen LogP contribution is -2.55. The van der Waals surface area contributed by atoms with Crippen LogP contribution in [0.1, 0.15) is 37.9 Å². The molecule has 0 aromatic carbocycles. The maximum absolute atomic E-state index is 4.53. The Morgan fingerprint density at radius 1 is 1.50 bits per heavy atom. The molecule has 1 aromatic heterocycles. The van der Waals surface area contributed by atoms with Crippen molar-refractivity contribution in [1.29, 1.82) is 0 Å². The summed E-state index contributed by atoms with van der Waals surface area (Å²) >= 11 is 0. The van der Waals surface area contributed by atoms with E-state index in [9.17, 15) is 0 Å². The van der Waals surface area contributed by atoms with E-state index in [-0.39, 0.29) is 0 Å². The molecule has 18 heavy (non-hydrogen) atoms. The number of nitrogens with zero attached hydrogens (tertiary/aromatic N) is 2. The summed E-state index contributed by atoms with van der Waals surface area (Å²) in [6, 6.07) is 5.42. The van der Waals surface area contributed by atoms with Gasteiger partial charge in [0.2, 0.25) is 0 Å². The van der Waals surface area contributed by atoms with Gasteiger partial charge >= 0.3 is 0 Å². The van der Waals surface area contributed by atoms with E-state index in [0.717, 1.165) is 19.6 Å². The summed E-state index contributed by atoms with van der Waals surface area (Å²) in [5.41, 5.74) is 2.53. The van der Waals surface area contributed by atoms with Crippen LogP contribution in [0.25, 0.3) is 0 Å². The Hall–Kier alpha value is -0.930. The van der Waals surface area contributed by atoms with E-state index >= 15 is 0 Å². The number of hydrogen-bond acceptors (Lipinski definition) is 3. The first-order valence-corrected chi connectivity index (χ1v) is 7.08. The molecule has 3 nitrogen and oxygen atoms in total. The third kappa shape index (κ3) is 3.30. The Morgan fingerprint density at radius 3 is 3.06 bits per heavy atom. The average Bonchev–Trinajstić information content (AvgIpc) is 2.36. The molecule has 2 heterocycles. The van der Waals surface area contributed by atoms with Crippen molar-refractivity contribution >= 4 is 0 Å². The Morgan fingerprint density at radius 2 is 2.33 bits per heavy atom. The minimum atomic E-state index is 0.585. The van der Waals surface area contributed by atoms with Gasteiger partial charge < -0.3 is 5.32 Å². The van der Waals surface area contributed by atoms with Gasteiger partial charge in [-0.25, -0.2) is 0 Å². The smallest absolute Gasteiger partial charge is 0.0573 e. The first kappa shape index (κ1) is 13.5. The van der Waals surface area contributed by atoms with Gasteiger partial charge in [-0.2, -0.15) is 0 Å². The van der Waals surface area contributed by atoms with Crippen molar-refractivity contribution in [2.45, 2.75) is 52.2 Å². The number of aryl methyl sites for hydroxylation is 1. The molecule has 1 N–H and O–H groups in total. The van der Waals surface area contributed by atoms with Crippen LogP contribution in [0.15, 0.2) is 18.3 Å². The van der Waals surface area contributed by atoms with Crippen LogP contribution in [-0.2, 0) is 6.54 Å². The Labute approximate surface area is 111 Å². The minimum absolute atomic E-state index is 0.585. The van der Waals surface area contributed by atoms with Gasteiger partial charge in [-0.15, -0.1) is 0 Å². The monoisotopic (exact) mass is 247 g/mol. The highest BCUT2D eigenvalue weighted by Gasteiger charge is 2.25. The number of aromatic nitrogens is 1. The van der Waals surface area contributed by atoms with E-state index in [2.05, 4.69) is 42.0 Å². The van der Waals surface area contributed by atoms with Gasteiger partial charge in [0.25, 0.3) is 0 Å². The molecule has 0 bridgehead atoms. The maximum atomic E-state index is 4.53. The largest absolute Gasteiger partial charge is 0.311 e. The van der Waals surface area contributed by atoms with Crippen LogP contribution < -0.4 is 5.32 Å². The summed E-state index contributed by atoms with van der Waals surface area (Å²) in [4.78, 5) is 7.13. The summed E-state index contributed by atoms with van der Waals surface area (Å²) in [7, 11) is 0. The van der Waals surface area contributed by atoms with E-state index < -0.39 is 0 Å². The summed E-state index contributed by atoms with van der Waals surface area (Å²) < 4.78 is 0. The zero-order chi connectivity index (χ0) is 13.0. The minimum Gasteiger partial charge on any atom is -0.311 e. The molecule has 0 spiro atoms. The Bertz CT molecular complexity index is 378. The van der Waals surface area contributed by atoms with Gasteiger partial charge in [-0.05, 0) is 31.9 Å². The number of rotatable bonds is 4. The molecule has 2 unspecified atom stereocenters. The molecule has 0 aliphatic carbocycles. The molecular formula is C15H25N3. The van der Waals surface area contributed by atoms with Crippen LogP contribution in [-0.4, -0.2) is 35.1 Å². The highest BCUT2D eigenvalue weighted by Crippen LogP contribution is 2.16. The van der Waals surface area contributed by atoms with E-state index in [0.29, 0.717) is 12.1 Å². The van der Waals surface area contributed by atoms with E-state index in [1.165, 1.54) is 24.1 Å². The molecule has 1 fully saturated rings. The number of piperazine rings is 1. The normalized spacial score (nSPS) is 25.3. The summed E-state index contributed by atoms with van der Waals surface area (Å²) in [6.07, 6.45) is 4.42. The van der Waals surface area contributed by atoms with Crippen molar-refractivity contribution in [2.75, 3.05) is 13.1 Å². The van der Waals surface area contributed by atoms with Crippen LogP contribution in [0.4, 0.5) is 0 Å². The van der Waals surface area contributed by atoms with Gasteiger partial charge in [-0.3, -0.25) is 9.88 Å². The predicted molar refractivity (Wildman–Crippen MR) is 75.5 cm³/mol. The SMILES string of the molecule is CCCC1CNC(C)CN1Cc1ncccc1C. The van der Waals surface area contributed by atoms with Crippen molar-refractivity contribution in [3.8, 4) is 0 Å². The average molecular weight is 247 g/mol. The highest BCUT2D eigenvalue weighted by molar-refractivity contribution is 5.17. The first-order chi connectivity index (χ1) is 8.70. The van der Waals surface area contributed by atoms with E-state index in [1.54, 1.807) is 0 Å². The summed E-state index contributed by atoms with van der Waals surface area (Å²) in [5.74, 6) is 0. The predicted octanol–water partition coefficient (Wildman–Crippen LogP) is 2.35. The van der Waals surface area contributed by atoms with Crippen LogP contribution in [0.3, 0.4) is 0 Å². The van der Waals surface area contributed by atoms with E-state index in [4.69, 9.17) is 0 Å². The summed E-state index contributed by atoms with van der Waals surface area (Å²) in [6.45, 7) is 9.91. The third-order valence-electron chi connectivity index (χ3n) is 3.82. The topological polar surface area (TPSA) is 28.2 Å². The van der Waals surface area contributed by atoms with Gasteiger partial charge in [0, 0.05) is 37.9 Å². The fraction of sp³-hybridized carbons (Fsp3) is 0.667. The molecular weight excluding hydrogens is 222 g/mol. The van der Waals surface area contributed by atoms with E-state index in [1.807, 2.05) is 12.3 Å². The van der Waals surface area contributed by atoms with Crippen molar-refractivity contribution in [1.82, 2.24) is 15.2 Å². The third-order valence-corrected chi connectivity index (χ3v) is 3.82.